The second-order valence-electron chi connectivity index (χ2n) is 5.79. The predicted octanol–water partition coefficient (Wildman–Crippen LogP) is 4.69. The summed E-state index contributed by atoms with van der Waals surface area (Å²) in [5, 5.41) is 0. The number of nitrogen functional groups attached to an aromatic ring is 1. The molecule has 0 unspecified atom stereocenters. The number of hydrogen-bond donors (Lipinski definition) is 1. The summed E-state index contributed by atoms with van der Waals surface area (Å²) in [5.74, 6) is 0.194. The fourth-order valence-corrected chi connectivity index (χ4v) is 3.00. The fourth-order valence-electron chi connectivity index (χ4n) is 3.00. The van der Waals surface area contributed by atoms with Gasteiger partial charge in [0.2, 0.25) is 0 Å². The zero-order chi connectivity index (χ0) is 15.6. The van der Waals surface area contributed by atoms with Gasteiger partial charge in [-0.05, 0) is 49.8 Å². The molecule has 1 saturated carbocycles. The third-order valence-corrected chi connectivity index (χ3v) is 4.44. The topological polar surface area (TPSA) is 43.1 Å². The van der Waals surface area contributed by atoms with Gasteiger partial charge >= 0.3 is 6.18 Å². The highest BCUT2D eigenvalue weighted by Crippen LogP contribution is 2.35. The molecule has 0 aromatic heterocycles. The van der Waals surface area contributed by atoms with Crippen LogP contribution in [0, 0.1) is 11.8 Å². The molecule has 1 aromatic carbocycles. The van der Waals surface area contributed by atoms with Gasteiger partial charge in [-0.1, -0.05) is 13.3 Å². The fraction of sp³-hybridized carbons (Fsp3) is 0.562. The second-order valence-corrected chi connectivity index (χ2v) is 5.79. The van der Waals surface area contributed by atoms with Crippen molar-refractivity contribution < 1.29 is 18.0 Å². The molecule has 2 nitrogen and oxygen atoms in total. The molecule has 0 spiro atoms. The number of anilines is 1. The van der Waals surface area contributed by atoms with Crippen LogP contribution in [0.1, 0.15) is 54.9 Å². The van der Waals surface area contributed by atoms with Gasteiger partial charge in [-0.25, -0.2) is 0 Å². The number of halogens is 3. The van der Waals surface area contributed by atoms with E-state index in [9.17, 15) is 18.0 Å². The molecule has 0 saturated heterocycles. The zero-order valence-electron chi connectivity index (χ0n) is 12.0. The summed E-state index contributed by atoms with van der Waals surface area (Å²) in [6.45, 7) is 2.12. The molecule has 1 aromatic rings. The van der Waals surface area contributed by atoms with E-state index in [4.69, 9.17) is 5.73 Å². The summed E-state index contributed by atoms with van der Waals surface area (Å²) >= 11 is 0. The Hall–Kier alpha value is -1.52. The van der Waals surface area contributed by atoms with Crippen molar-refractivity contribution in [1.82, 2.24) is 0 Å². The average Bonchev–Trinajstić information content (AvgIpc) is 2.46. The quantitative estimate of drug-likeness (QED) is 0.650. The Balaban J connectivity index is 2.19. The molecule has 0 aliphatic heterocycles. The lowest BCUT2D eigenvalue weighted by Crippen LogP contribution is -2.23. The zero-order valence-corrected chi connectivity index (χ0v) is 12.0. The number of benzene rings is 1. The van der Waals surface area contributed by atoms with E-state index >= 15 is 0 Å². The lowest BCUT2D eigenvalue weighted by Gasteiger charge is -2.27. The van der Waals surface area contributed by atoms with Crippen LogP contribution >= 0.6 is 0 Å². The largest absolute Gasteiger partial charge is 0.416 e. The van der Waals surface area contributed by atoms with Crippen LogP contribution in [0.25, 0.3) is 0 Å². The van der Waals surface area contributed by atoms with Crippen molar-refractivity contribution in [2.75, 3.05) is 5.73 Å². The molecule has 2 N–H and O–H groups in total. The Kier molecular flexibility index (Phi) is 4.59. The molecule has 2 rings (SSSR count). The predicted molar refractivity (Wildman–Crippen MR) is 75.9 cm³/mol. The van der Waals surface area contributed by atoms with Crippen LogP contribution < -0.4 is 5.73 Å². The van der Waals surface area contributed by atoms with Crippen molar-refractivity contribution in [2.45, 2.75) is 45.2 Å². The van der Waals surface area contributed by atoms with Crippen molar-refractivity contribution in [1.29, 1.82) is 0 Å². The number of ketones is 1. The number of Topliss-reactive ketones (excluding diaryl/α,β-unsaturated/α-hetero) is 1. The summed E-state index contributed by atoms with van der Waals surface area (Å²) < 4.78 is 38.3. The van der Waals surface area contributed by atoms with Gasteiger partial charge in [0.15, 0.2) is 5.78 Å². The van der Waals surface area contributed by atoms with Crippen molar-refractivity contribution >= 4 is 11.5 Å². The van der Waals surface area contributed by atoms with Crippen LogP contribution in [0.4, 0.5) is 18.9 Å². The van der Waals surface area contributed by atoms with Crippen molar-refractivity contribution in [3.8, 4) is 0 Å². The number of nitrogens with two attached hydrogens (primary N) is 1. The maximum absolute atomic E-state index is 12.8. The van der Waals surface area contributed by atoms with E-state index in [0.29, 0.717) is 5.92 Å². The van der Waals surface area contributed by atoms with Crippen molar-refractivity contribution in [3.05, 3.63) is 29.3 Å². The second kappa shape index (κ2) is 6.08. The van der Waals surface area contributed by atoms with Crippen molar-refractivity contribution in [2.24, 2.45) is 11.8 Å². The third kappa shape index (κ3) is 3.57. The Morgan fingerprint density at radius 2 is 1.86 bits per heavy atom. The Morgan fingerprint density at radius 1 is 1.24 bits per heavy atom. The summed E-state index contributed by atoms with van der Waals surface area (Å²) in [6.07, 6.45) is 0.0484. The number of alkyl halides is 3. The normalized spacial score (nSPS) is 23.0. The van der Waals surface area contributed by atoms with Gasteiger partial charge in [-0.3, -0.25) is 4.79 Å². The van der Waals surface area contributed by atoms with E-state index < -0.39 is 11.7 Å². The van der Waals surface area contributed by atoms with Gasteiger partial charge in [0, 0.05) is 17.2 Å². The smallest absolute Gasteiger partial charge is 0.398 e. The maximum Gasteiger partial charge on any atom is 0.416 e. The lowest BCUT2D eigenvalue weighted by molar-refractivity contribution is -0.137. The van der Waals surface area contributed by atoms with E-state index in [1.54, 1.807) is 0 Å². The molecule has 116 valence electrons. The number of hydrogen-bond acceptors (Lipinski definition) is 2. The highest BCUT2D eigenvalue weighted by Gasteiger charge is 2.33. The van der Waals surface area contributed by atoms with E-state index in [-0.39, 0.29) is 23.0 Å². The van der Waals surface area contributed by atoms with Gasteiger partial charge in [-0.15, -0.1) is 0 Å². The van der Waals surface area contributed by atoms with E-state index in [1.807, 2.05) is 0 Å². The van der Waals surface area contributed by atoms with Crippen LogP contribution in [0.5, 0.6) is 0 Å². The molecule has 1 aliphatic carbocycles. The molecule has 1 fully saturated rings. The van der Waals surface area contributed by atoms with Gasteiger partial charge in [0.05, 0.1) is 5.56 Å². The van der Waals surface area contributed by atoms with Gasteiger partial charge < -0.3 is 5.73 Å². The number of rotatable bonds is 3. The van der Waals surface area contributed by atoms with Gasteiger partial charge in [0.1, 0.15) is 0 Å². The Bertz CT molecular complexity index is 517. The first-order valence-corrected chi connectivity index (χ1v) is 7.33. The van der Waals surface area contributed by atoms with Crippen LogP contribution in [-0.4, -0.2) is 5.78 Å². The minimum Gasteiger partial charge on any atom is -0.398 e. The SMILES string of the molecule is CCC1CCC(C(=O)c2cc(C(F)(F)F)ccc2N)CC1. The molecule has 0 amide bonds. The average molecular weight is 299 g/mol. The molecule has 0 heterocycles. The van der Waals surface area contributed by atoms with E-state index in [1.165, 1.54) is 6.07 Å². The molecular formula is C16H20F3NO. The first kappa shape index (κ1) is 15.9. The van der Waals surface area contributed by atoms with Crippen LogP contribution in [-0.2, 0) is 6.18 Å². The molecule has 0 bridgehead atoms. The Morgan fingerprint density at radius 3 is 2.38 bits per heavy atom. The summed E-state index contributed by atoms with van der Waals surface area (Å²) in [7, 11) is 0. The summed E-state index contributed by atoms with van der Waals surface area (Å²) in [4.78, 5) is 12.4. The molecule has 0 radical (unpaired) electrons. The summed E-state index contributed by atoms with van der Waals surface area (Å²) in [5.41, 5.74) is 5.04. The van der Waals surface area contributed by atoms with Gasteiger partial charge in [-0.2, -0.15) is 13.2 Å². The highest BCUT2D eigenvalue weighted by molar-refractivity contribution is 6.02. The Labute approximate surface area is 122 Å². The van der Waals surface area contributed by atoms with Crippen LogP contribution in [0.2, 0.25) is 0 Å². The maximum atomic E-state index is 12.8. The van der Waals surface area contributed by atoms with Crippen LogP contribution in [0.3, 0.4) is 0 Å². The standard InChI is InChI=1S/C16H20F3NO/c1-2-10-3-5-11(6-4-10)15(21)13-9-12(16(17,18)19)7-8-14(13)20/h7-11H,2-6,20H2,1H3. The molecule has 5 heteroatoms. The molecule has 21 heavy (non-hydrogen) atoms. The molecular weight excluding hydrogens is 279 g/mol. The van der Waals surface area contributed by atoms with E-state index in [0.717, 1.165) is 44.2 Å². The lowest BCUT2D eigenvalue weighted by atomic mass is 9.77. The number of carbonyl (C=O) groups is 1. The van der Waals surface area contributed by atoms with E-state index in [2.05, 4.69) is 6.92 Å². The first-order valence-electron chi connectivity index (χ1n) is 7.33. The van der Waals surface area contributed by atoms with Crippen LogP contribution in [0.15, 0.2) is 18.2 Å². The molecule has 0 atom stereocenters. The molecule has 1 aliphatic rings. The third-order valence-electron chi connectivity index (χ3n) is 4.44. The highest BCUT2D eigenvalue weighted by atomic mass is 19.4. The first-order chi connectivity index (χ1) is 9.82. The monoisotopic (exact) mass is 299 g/mol. The minimum absolute atomic E-state index is 0.0183. The minimum atomic E-state index is -4.46. The number of carbonyl (C=O) groups excluding carboxylic acids is 1. The van der Waals surface area contributed by atoms with Gasteiger partial charge in [0.25, 0.3) is 0 Å². The summed E-state index contributed by atoms with van der Waals surface area (Å²) in [6, 6.07) is 2.98. The van der Waals surface area contributed by atoms with Crippen molar-refractivity contribution in [3.63, 3.8) is 0 Å².